The molecule has 3 N–H and O–H groups in total. The summed E-state index contributed by atoms with van der Waals surface area (Å²) in [5, 5.41) is 23.1. The summed E-state index contributed by atoms with van der Waals surface area (Å²) in [6.45, 7) is 4.87. The topological polar surface area (TPSA) is 95.9 Å². The standard InChI is InChI=1S/C57H109NO5/c1-3-5-7-9-11-13-15-27-31-35-39-43-47-51-57(62)63-52-48-44-40-36-32-29-26-24-22-20-18-16-17-19-21-23-25-28-30-34-38-42-46-50-56(61)58-54(53-59)55(60)49-45-41-37-33-14-12-10-8-6-4-2/h7,9,13,15,54-55,59-60H,3-6,8,10-12,14,16-53H2,1-2H3,(H,58,61)/b9-7-,15-13-. The first-order valence-corrected chi connectivity index (χ1v) is 28.1. The van der Waals surface area contributed by atoms with Crippen molar-refractivity contribution in [1.82, 2.24) is 5.32 Å². The first-order chi connectivity index (χ1) is 31.0. The zero-order valence-electron chi connectivity index (χ0n) is 42.3. The Balaban J connectivity index is 3.35. The van der Waals surface area contributed by atoms with Gasteiger partial charge in [-0.05, 0) is 51.4 Å². The van der Waals surface area contributed by atoms with Gasteiger partial charge in [-0.2, -0.15) is 0 Å². The molecule has 6 nitrogen and oxygen atoms in total. The molecule has 0 spiro atoms. The maximum Gasteiger partial charge on any atom is 0.305 e. The highest BCUT2D eigenvalue weighted by Gasteiger charge is 2.20. The Bertz CT molecular complexity index is 982. The van der Waals surface area contributed by atoms with E-state index in [2.05, 4.69) is 43.5 Å². The predicted molar refractivity (Wildman–Crippen MR) is 273 cm³/mol. The van der Waals surface area contributed by atoms with Crippen LogP contribution in [0.3, 0.4) is 0 Å². The number of aliphatic hydroxyl groups is 2. The summed E-state index contributed by atoms with van der Waals surface area (Å²) in [5.74, 6) is -0.0370. The molecule has 0 saturated carbocycles. The summed E-state index contributed by atoms with van der Waals surface area (Å²) in [5.41, 5.74) is 0. The van der Waals surface area contributed by atoms with Crippen LogP contribution in [0.2, 0.25) is 0 Å². The first kappa shape index (κ1) is 61.3. The summed E-state index contributed by atoms with van der Waals surface area (Å²) >= 11 is 0. The van der Waals surface area contributed by atoms with Crippen LogP contribution in [-0.4, -0.2) is 47.4 Å². The van der Waals surface area contributed by atoms with E-state index in [1.54, 1.807) is 0 Å². The van der Waals surface area contributed by atoms with Crippen LogP contribution in [0.25, 0.3) is 0 Å². The second kappa shape index (κ2) is 53.0. The number of carbonyl (C=O) groups is 2. The Morgan fingerprint density at radius 3 is 1.27 bits per heavy atom. The number of esters is 1. The lowest BCUT2D eigenvalue weighted by atomic mass is 10.0. The zero-order valence-corrected chi connectivity index (χ0v) is 42.3. The highest BCUT2D eigenvalue weighted by Crippen LogP contribution is 2.17. The van der Waals surface area contributed by atoms with Gasteiger partial charge >= 0.3 is 5.97 Å². The number of rotatable bonds is 52. The van der Waals surface area contributed by atoms with Gasteiger partial charge in [0, 0.05) is 12.8 Å². The minimum Gasteiger partial charge on any atom is -0.466 e. The van der Waals surface area contributed by atoms with E-state index < -0.39 is 12.1 Å². The minimum absolute atomic E-state index is 0.00112. The second-order valence-corrected chi connectivity index (χ2v) is 19.3. The Hall–Kier alpha value is -1.66. The van der Waals surface area contributed by atoms with Gasteiger partial charge in [0.2, 0.25) is 5.91 Å². The number of aliphatic hydroxyl groups excluding tert-OH is 2. The van der Waals surface area contributed by atoms with E-state index >= 15 is 0 Å². The number of nitrogens with one attached hydrogen (secondary N) is 1. The normalized spacial score (nSPS) is 12.8. The fourth-order valence-electron chi connectivity index (χ4n) is 8.68. The molecule has 0 aromatic carbocycles. The van der Waals surface area contributed by atoms with Crippen molar-refractivity contribution in [3.63, 3.8) is 0 Å². The van der Waals surface area contributed by atoms with Crippen LogP contribution in [0.5, 0.6) is 0 Å². The van der Waals surface area contributed by atoms with Crippen molar-refractivity contribution in [3.05, 3.63) is 24.3 Å². The van der Waals surface area contributed by atoms with Crippen molar-refractivity contribution < 1.29 is 24.5 Å². The minimum atomic E-state index is -0.661. The van der Waals surface area contributed by atoms with Crippen molar-refractivity contribution in [3.8, 4) is 0 Å². The summed E-state index contributed by atoms with van der Waals surface area (Å²) in [6.07, 6.45) is 63.2. The number of hydrogen-bond acceptors (Lipinski definition) is 5. The van der Waals surface area contributed by atoms with Crippen molar-refractivity contribution >= 4 is 11.9 Å². The summed E-state index contributed by atoms with van der Waals surface area (Å²) in [6, 6.07) is -0.539. The van der Waals surface area contributed by atoms with Gasteiger partial charge in [0.05, 0.1) is 25.4 Å². The van der Waals surface area contributed by atoms with Crippen molar-refractivity contribution in [2.24, 2.45) is 0 Å². The van der Waals surface area contributed by atoms with Crippen LogP contribution in [0, 0.1) is 0 Å². The molecule has 6 heteroatoms. The predicted octanol–water partition coefficient (Wildman–Crippen LogP) is 17.1. The van der Waals surface area contributed by atoms with Gasteiger partial charge in [0.15, 0.2) is 0 Å². The van der Waals surface area contributed by atoms with Crippen molar-refractivity contribution in [2.45, 2.75) is 315 Å². The van der Waals surface area contributed by atoms with E-state index in [1.807, 2.05) is 0 Å². The van der Waals surface area contributed by atoms with Gasteiger partial charge in [-0.3, -0.25) is 9.59 Å². The van der Waals surface area contributed by atoms with E-state index in [1.165, 1.54) is 218 Å². The second-order valence-electron chi connectivity index (χ2n) is 19.3. The van der Waals surface area contributed by atoms with Crippen LogP contribution < -0.4 is 5.32 Å². The monoisotopic (exact) mass is 888 g/mol. The molecule has 63 heavy (non-hydrogen) atoms. The number of unbranched alkanes of at least 4 members (excludes halogenated alkanes) is 37. The quantitative estimate of drug-likeness (QED) is 0.0321. The fraction of sp³-hybridized carbons (Fsp3) is 0.895. The molecule has 0 aromatic rings. The Kier molecular flexibility index (Phi) is 51.6. The SMILES string of the molecule is CCC/C=C\C/C=C\CCCCCCCC(=O)OCCCCCCCCCCCCCCCCCCCCCCCCCC(=O)NC(CO)C(O)CCCCCCCCCCCC. The Morgan fingerprint density at radius 1 is 0.444 bits per heavy atom. The van der Waals surface area contributed by atoms with Gasteiger partial charge in [-0.1, -0.05) is 263 Å². The number of hydrogen-bond donors (Lipinski definition) is 3. The molecule has 0 fully saturated rings. The summed E-state index contributed by atoms with van der Waals surface area (Å²) in [4.78, 5) is 24.4. The largest absolute Gasteiger partial charge is 0.466 e. The smallest absolute Gasteiger partial charge is 0.305 e. The van der Waals surface area contributed by atoms with Crippen molar-refractivity contribution in [1.29, 1.82) is 0 Å². The van der Waals surface area contributed by atoms with Crippen molar-refractivity contribution in [2.75, 3.05) is 13.2 Å². The average Bonchev–Trinajstić information content (AvgIpc) is 3.28. The van der Waals surface area contributed by atoms with Gasteiger partial charge in [0.1, 0.15) is 0 Å². The van der Waals surface area contributed by atoms with Gasteiger partial charge in [-0.25, -0.2) is 0 Å². The zero-order chi connectivity index (χ0) is 45.8. The highest BCUT2D eigenvalue weighted by molar-refractivity contribution is 5.76. The van der Waals surface area contributed by atoms with E-state index in [0.29, 0.717) is 25.9 Å². The van der Waals surface area contributed by atoms with E-state index in [4.69, 9.17) is 4.74 Å². The molecule has 2 unspecified atom stereocenters. The third-order valence-electron chi connectivity index (χ3n) is 13.0. The lowest BCUT2D eigenvalue weighted by Gasteiger charge is -2.22. The number of allylic oxidation sites excluding steroid dienone is 4. The Labute approximate surface area is 392 Å². The molecule has 1 amide bonds. The molecule has 0 aliphatic heterocycles. The highest BCUT2D eigenvalue weighted by atomic mass is 16.5. The maximum atomic E-state index is 12.4. The molecule has 0 heterocycles. The number of amides is 1. The molecular formula is C57H109NO5. The molecule has 0 saturated heterocycles. The van der Waals surface area contributed by atoms with Crippen LogP contribution in [0.4, 0.5) is 0 Å². The first-order valence-electron chi connectivity index (χ1n) is 28.1. The molecule has 372 valence electrons. The molecule has 2 atom stereocenters. The Morgan fingerprint density at radius 2 is 0.825 bits per heavy atom. The van der Waals surface area contributed by atoms with Crippen LogP contribution in [0.15, 0.2) is 24.3 Å². The van der Waals surface area contributed by atoms with E-state index in [9.17, 15) is 19.8 Å². The molecule has 0 bridgehead atoms. The lowest BCUT2D eigenvalue weighted by Crippen LogP contribution is -2.45. The lowest BCUT2D eigenvalue weighted by molar-refractivity contribution is -0.143. The van der Waals surface area contributed by atoms with Crippen LogP contribution in [0.1, 0.15) is 303 Å². The van der Waals surface area contributed by atoms with Gasteiger partial charge in [-0.15, -0.1) is 0 Å². The van der Waals surface area contributed by atoms with E-state index in [0.717, 1.165) is 51.4 Å². The third kappa shape index (κ3) is 49.6. The molecule has 0 aliphatic rings. The van der Waals surface area contributed by atoms with E-state index in [-0.39, 0.29) is 18.5 Å². The number of carbonyl (C=O) groups excluding carboxylic acids is 2. The van der Waals surface area contributed by atoms with Crippen LogP contribution in [-0.2, 0) is 14.3 Å². The molecular weight excluding hydrogens is 779 g/mol. The van der Waals surface area contributed by atoms with Crippen LogP contribution >= 0.6 is 0 Å². The van der Waals surface area contributed by atoms with Gasteiger partial charge in [0.25, 0.3) is 0 Å². The summed E-state index contributed by atoms with van der Waals surface area (Å²) < 4.78 is 5.46. The molecule has 0 aromatic heterocycles. The maximum absolute atomic E-state index is 12.4. The summed E-state index contributed by atoms with van der Waals surface area (Å²) in [7, 11) is 0. The third-order valence-corrected chi connectivity index (χ3v) is 13.0. The van der Waals surface area contributed by atoms with Gasteiger partial charge < -0.3 is 20.3 Å². The number of ether oxygens (including phenoxy) is 1. The molecule has 0 rings (SSSR count). The fourth-order valence-corrected chi connectivity index (χ4v) is 8.68. The molecule has 0 aliphatic carbocycles. The average molecular weight is 889 g/mol. The molecule has 0 radical (unpaired) electrons.